The summed E-state index contributed by atoms with van der Waals surface area (Å²) in [7, 11) is 0. The maximum atomic E-state index is 6.02. The Morgan fingerprint density at radius 1 is 1.12 bits per heavy atom. The van der Waals surface area contributed by atoms with Crippen LogP contribution in [0.4, 0.5) is 0 Å². The van der Waals surface area contributed by atoms with Gasteiger partial charge in [-0.05, 0) is 61.8 Å². The molecule has 1 heteroatoms. The van der Waals surface area contributed by atoms with E-state index >= 15 is 0 Å². The molecule has 1 nitrogen and oxygen atoms in total. The Hall–Kier alpha value is -0.820. The van der Waals surface area contributed by atoms with Crippen LogP contribution in [0.5, 0.6) is 0 Å². The molecule has 1 aromatic carbocycles. The van der Waals surface area contributed by atoms with Crippen LogP contribution in [0.15, 0.2) is 18.2 Å². The van der Waals surface area contributed by atoms with Gasteiger partial charge in [0.05, 0.1) is 0 Å². The van der Waals surface area contributed by atoms with Crippen LogP contribution < -0.4 is 5.73 Å². The topological polar surface area (TPSA) is 26.0 Å². The van der Waals surface area contributed by atoms with E-state index < -0.39 is 0 Å². The van der Waals surface area contributed by atoms with Crippen LogP contribution >= 0.6 is 0 Å². The Kier molecular flexibility index (Phi) is 3.34. The summed E-state index contributed by atoms with van der Waals surface area (Å²) < 4.78 is 0. The lowest BCUT2D eigenvalue weighted by molar-refractivity contribution is 0.305. The highest BCUT2D eigenvalue weighted by molar-refractivity contribution is 5.34. The first-order chi connectivity index (χ1) is 7.67. The fourth-order valence-electron chi connectivity index (χ4n) is 3.08. The average molecular weight is 217 g/mol. The van der Waals surface area contributed by atoms with Gasteiger partial charge in [-0.2, -0.15) is 0 Å². The van der Waals surface area contributed by atoms with Crippen molar-refractivity contribution in [1.29, 1.82) is 0 Å². The number of benzene rings is 1. The number of nitrogens with two attached hydrogens (primary N) is 1. The fraction of sp³-hybridized carbons (Fsp3) is 0.600. The predicted octanol–water partition coefficient (Wildman–Crippen LogP) is 3.37. The molecule has 1 saturated carbocycles. The highest BCUT2D eigenvalue weighted by Gasteiger charge is 2.33. The Morgan fingerprint density at radius 2 is 1.69 bits per heavy atom. The van der Waals surface area contributed by atoms with Crippen LogP contribution in [0.3, 0.4) is 0 Å². The van der Waals surface area contributed by atoms with Gasteiger partial charge in [0.15, 0.2) is 0 Å². The van der Waals surface area contributed by atoms with Gasteiger partial charge in [-0.25, -0.2) is 0 Å². The molecule has 0 atom stereocenters. The minimum absolute atomic E-state index is 0.400. The molecule has 2 N–H and O–H groups in total. The number of aryl methyl sites for hydroxylation is 2. The highest BCUT2D eigenvalue weighted by atomic mass is 14.6. The van der Waals surface area contributed by atoms with Crippen molar-refractivity contribution in [3.63, 3.8) is 0 Å². The number of rotatable bonds is 3. The quantitative estimate of drug-likeness (QED) is 0.825. The van der Waals surface area contributed by atoms with E-state index in [0.29, 0.717) is 5.41 Å². The first kappa shape index (κ1) is 11.7. The normalized spacial score (nSPS) is 18.9. The molecule has 88 valence electrons. The summed E-state index contributed by atoms with van der Waals surface area (Å²) in [6.45, 7) is 5.30. The molecule has 0 saturated heterocycles. The van der Waals surface area contributed by atoms with Crippen LogP contribution in [0.25, 0.3) is 0 Å². The second kappa shape index (κ2) is 4.58. The van der Waals surface area contributed by atoms with Crippen molar-refractivity contribution in [1.82, 2.24) is 0 Å². The standard InChI is InChI=1S/C15H23N/c1-12-6-5-7-13(2)14(12)10-15(11-16)8-3-4-9-15/h5-7H,3-4,8-11,16H2,1-2H3. The molecule has 0 amide bonds. The molecular weight excluding hydrogens is 194 g/mol. The predicted molar refractivity (Wildman–Crippen MR) is 69.6 cm³/mol. The fourth-order valence-corrected chi connectivity index (χ4v) is 3.08. The molecule has 1 aromatic rings. The molecule has 0 radical (unpaired) electrons. The van der Waals surface area contributed by atoms with Gasteiger partial charge in [-0.3, -0.25) is 0 Å². The van der Waals surface area contributed by atoms with Gasteiger partial charge in [-0.15, -0.1) is 0 Å². The van der Waals surface area contributed by atoms with Crippen molar-refractivity contribution in [3.8, 4) is 0 Å². The van der Waals surface area contributed by atoms with E-state index in [1.54, 1.807) is 0 Å². The molecule has 0 aliphatic heterocycles. The summed E-state index contributed by atoms with van der Waals surface area (Å²) in [6, 6.07) is 6.60. The molecule has 1 fully saturated rings. The van der Waals surface area contributed by atoms with Crippen molar-refractivity contribution in [2.24, 2.45) is 11.1 Å². The van der Waals surface area contributed by atoms with Gasteiger partial charge in [0.25, 0.3) is 0 Å². The second-order valence-corrected chi connectivity index (χ2v) is 5.46. The zero-order chi connectivity index (χ0) is 11.6. The van der Waals surface area contributed by atoms with E-state index in [1.165, 1.54) is 48.8 Å². The van der Waals surface area contributed by atoms with Gasteiger partial charge in [-0.1, -0.05) is 31.0 Å². The number of hydrogen-bond acceptors (Lipinski definition) is 1. The Balaban J connectivity index is 2.25. The SMILES string of the molecule is Cc1cccc(C)c1CC1(CN)CCCC1. The molecule has 16 heavy (non-hydrogen) atoms. The number of hydrogen-bond donors (Lipinski definition) is 1. The van der Waals surface area contributed by atoms with Crippen molar-refractivity contribution in [2.75, 3.05) is 6.54 Å². The third-order valence-corrected chi connectivity index (χ3v) is 4.29. The summed E-state index contributed by atoms with van der Waals surface area (Å²) in [6.07, 6.45) is 6.54. The van der Waals surface area contributed by atoms with Crippen LogP contribution in [-0.4, -0.2) is 6.54 Å². The van der Waals surface area contributed by atoms with E-state index in [-0.39, 0.29) is 0 Å². The molecule has 1 aliphatic carbocycles. The van der Waals surface area contributed by atoms with Crippen molar-refractivity contribution in [2.45, 2.75) is 46.0 Å². The van der Waals surface area contributed by atoms with Crippen molar-refractivity contribution in [3.05, 3.63) is 34.9 Å². The van der Waals surface area contributed by atoms with Gasteiger partial charge >= 0.3 is 0 Å². The van der Waals surface area contributed by atoms with E-state index in [1.807, 2.05) is 0 Å². The van der Waals surface area contributed by atoms with E-state index in [4.69, 9.17) is 5.73 Å². The maximum Gasteiger partial charge on any atom is -0.00173 e. The zero-order valence-corrected chi connectivity index (χ0v) is 10.6. The van der Waals surface area contributed by atoms with E-state index in [9.17, 15) is 0 Å². The lowest BCUT2D eigenvalue weighted by Crippen LogP contribution is -2.30. The summed E-state index contributed by atoms with van der Waals surface area (Å²) in [4.78, 5) is 0. The van der Waals surface area contributed by atoms with Gasteiger partial charge in [0.2, 0.25) is 0 Å². The second-order valence-electron chi connectivity index (χ2n) is 5.46. The molecule has 0 aromatic heterocycles. The zero-order valence-electron chi connectivity index (χ0n) is 10.6. The first-order valence-corrected chi connectivity index (χ1v) is 6.42. The molecule has 0 bridgehead atoms. The van der Waals surface area contributed by atoms with Crippen molar-refractivity contribution < 1.29 is 0 Å². The lowest BCUT2D eigenvalue weighted by Gasteiger charge is -2.28. The molecule has 0 spiro atoms. The smallest absolute Gasteiger partial charge is 0.00173 e. The Morgan fingerprint density at radius 3 is 2.19 bits per heavy atom. The molecule has 0 heterocycles. The summed E-state index contributed by atoms with van der Waals surface area (Å²) in [5.41, 5.74) is 10.8. The lowest BCUT2D eigenvalue weighted by atomic mass is 9.78. The largest absolute Gasteiger partial charge is 0.330 e. The van der Waals surface area contributed by atoms with Gasteiger partial charge in [0, 0.05) is 0 Å². The van der Waals surface area contributed by atoms with Gasteiger partial charge in [0.1, 0.15) is 0 Å². The van der Waals surface area contributed by atoms with E-state index in [2.05, 4.69) is 32.0 Å². The Bertz CT molecular complexity index is 341. The monoisotopic (exact) mass is 217 g/mol. The van der Waals surface area contributed by atoms with Crippen molar-refractivity contribution >= 4 is 0 Å². The summed E-state index contributed by atoms with van der Waals surface area (Å²) >= 11 is 0. The van der Waals surface area contributed by atoms with E-state index in [0.717, 1.165) is 6.54 Å². The Labute approximate surface area is 99.0 Å². The third kappa shape index (κ3) is 2.15. The molecule has 1 aliphatic rings. The highest BCUT2D eigenvalue weighted by Crippen LogP contribution is 2.41. The summed E-state index contributed by atoms with van der Waals surface area (Å²) in [5, 5.41) is 0. The minimum atomic E-state index is 0.400. The third-order valence-electron chi connectivity index (χ3n) is 4.29. The average Bonchev–Trinajstić information content (AvgIpc) is 2.73. The molecular formula is C15H23N. The first-order valence-electron chi connectivity index (χ1n) is 6.42. The van der Waals surface area contributed by atoms with Gasteiger partial charge < -0.3 is 5.73 Å². The van der Waals surface area contributed by atoms with Crippen LogP contribution in [0.1, 0.15) is 42.4 Å². The minimum Gasteiger partial charge on any atom is -0.330 e. The molecule has 0 unspecified atom stereocenters. The molecule has 2 rings (SSSR count). The maximum absolute atomic E-state index is 6.02. The van der Waals surface area contributed by atoms with Crippen LogP contribution in [0.2, 0.25) is 0 Å². The summed E-state index contributed by atoms with van der Waals surface area (Å²) in [5.74, 6) is 0. The van der Waals surface area contributed by atoms with Crippen LogP contribution in [0, 0.1) is 19.3 Å². The van der Waals surface area contributed by atoms with Crippen LogP contribution in [-0.2, 0) is 6.42 Å².